The van der Waals surface area contributed by atoms with Gasteiger partial charge in [0.05, 0.1) is 11.0 Å². The Labute approximate surface area is 258 Å². The molecule has 2 heterocycles. The number of hydrogen-bond donors (Lipinski definition) is 0. The zero-order valence-electron chi connectivity index (χ0n) is 23.8. The van der Waals surface area contributed by atoms with Crippen molar-refractivity contribution >= 4 is 54.0 Å². The van der Waals surface area contributed by atoms with Gasteiger partial charge >= 0.3 is 0 Å². The molecule has 0 N–H and O–H groups in total. The van der Waals surface area contributed by atoms with Gasteiger partial charge in [0.25, 0.3) is 0 Å². The fourth-order valence-corrected chi connectivity index (χ4v) is 8.57. The second kappa shape index (κ2) is 9.03. The molecule has 0 saturated heterocycles. The lowest BCUT2D eigenvalue weighted by molar-refractivity contribution is 1.18. The van der Waals surface area contributed by atoms with Gasteiger partial charge in [0.15, 0.2) is 0 Å². The van der Waals surface area contributed by atoms with E-state index in [1.807, 2.05) is 11.3 Å². The number of benzene rings is 7. The van der Waals surface area contributed by atoms with Crippen molar-refractivity contribution in [2.45, 2.75) is 0 Å². The van der Waals surface area contributed by atoms with E-state index in [4.69, 9.17) is 0 Å². The van der Waals surface area contributed by atoms with E-state index in [1.165, 1.54) is 92.2 Å². The van der Waals surface area contributed by atoms with Gasteiger partial charge in [0, 0.05) is 42.6 Å². The van der Waals surface area contributed by atoms with Crippen LogP contribution < -0.4 is 0 Å². The molecular formula is C42H25NS. The lowest BCUT2D eigenvalue weighted by Crippen LogP contribution is -1.93. The maximum Gasteiger partial charge on any atom is 0.0541 e. The summed E-state index contributed by atoms with van der Waals surface area (Å²) in [5, 5.41) is 6.63. The van der Waals surface area contributed by atoms with Crippen molar-refractivity contribution in [2.24, 2.45) is 0 Å². The molecule has 9 aromatic rings. The number of hydrogen-bond acceptors (Lipinski definition) is 1. The molecule has 0 aliphatic heterocycles. The van der Waals surface area contributed by atoms with E-state index in [-0.39, 0.29) is 0 Å². The molecule has 1 aliphatic rings. The minimum atomic E-state index is 1.17. The summed E-state index contributed by atoms with van der Waals surface area (Å²) >= 11 is 1.92. The van der Waals surface area contributed by atoms with E-state index in [9.17, 15) is 0 Å². The molecule has 2 aromatic heterocycles. The van der Waals surface area contributed by atoms with E-state index in [0.717, 1.165) is 0 Å². The van der Waals surface area contributed by atoms with Gasteiger partial charge < -0.3 is 4.57 Å². The predicted octanol–water partition coefficient (Wildman–Crippen LogP) is 12.1. The molecule has 7 aromatic carbocycles. The summed E-state index contributed by atoms with van der Waals surface area (Å²) in [7, 11) is 0. The summed E-state index contributed by atoms with van der Waals surface area (Å²) in [4.78, 5) is 1.40. The quantitative estimate of drug-likeness (QED) is 0.197. The Morgan fingerprint density at radius 3 is 1.93 bits per heavy atom. The van der Waals surface area contributed by atoms with Crippen LogP contribution in [-0.4, -0.2) is 4.57 Å². The molecule has 204 valence electrons. The molecule has 10 rings (SSSR count). The molecule has 0 bridgehead atoms. The summed E-state index contributed by atoms with van der Waals surface area (Å²) in [5.74, 6) is 0. The number of aromatic nitrogens is 1. The first-order chi connectivity index (χ1) is 21.8. The topological polar surface area (TPSA) is 4.93 Å². The average molecular weight is 576 g/mol. The van der Waals surface area contributed by atoms with Crippen molar-refractivity contribution in [2.75, 3.05) is 0 Å². The van der Waals surface area contributed by atoms with Crippen LogP contribution in [-0.2, 0) is 0 Å². The molecule has 44 heavy (non-hydrogen) atoms. The first kappa shape index (κ1) is 24.0. The molecule has 0 amide bonds. The highest BCUT2D eigenvalue weighted by atomic mass is 32.1. The average Bonchev–Trinajstić information content (AvgIpc) is 3.73. The Hall–Kier alpha value is -5.44. The van der Waals surface area contributed by atoms with Crippen molar-refractivity contribution in [3.8, 4) is 49.5 Å². The Morgan fingerprint density at radius 2 is 1.09 bits per heavy atom. The van der Waals surface area contributed by atoms with Crippen LogP contribution >= 0.6 is 11.3 Å². The predicted molar refractivity (Wildman–Crippen MR) is 189 cm³/mol. The summed E-state index contributed by atoms with van der Waals surface area (Å²) in [6.45, 7) is 0. The highest BCUT2D eigenvalue weighted by Crippen LogP contribution is 2.54. The smallest absolute Gasteiger partial charge is 0.0541 e. The van der Waals surface area contributed by atoms with E-state index in [0.29, 0.717) is 0 Å². The number of nitrogens with zero attached hydrogens (tertiary/aromatic N) is 1. The third kappa shape index (κ3) is 3.35. The van der Waals surface area contributed by atoms with Crippen LogP contribution in [0.1, 0.15) is 0 Å². The second-order valence-corrected chi connectivity index (χ2v) is 12.8. The molecule has 2 heteroatoms. The summed E-state index contributed by atoms with van der Waals surface area (Å²) < 4.78 is 3.75. The van der Waals surface area contributed by atoms with Crippen LogP contribution in [0.2, 0.25) is 0 Å². The lowest BCUT2D eigenvalue weighted by atomic mass is 9.98. The normalized spacial score (nSPS) is 12.1. The van der Waals surface area contributed by atoms with E-state index < -0.39 is 0 Å². The van der Waals surface area contributed by atoms with Gasteiger partial charge in [-0.1, -0.05) is 109 Å². The van der Waals surface area contributed by atoms with E-state index >= 15 is 0 Å². The first-order valence-electron chi connectivity index (χ1n) is 15.1. The van der Waals surface area contributed by atoms with Crippen molar-refractivity contribution in [3.63, 3.8) is 0 Å². The highest BCUT2D eigenvalue weighted by Gasteiger charge is 2.26. The molecule has 1 nitrogen and oxygen atoms in total. The monoisotopic (exact) mass is 575 g/mol. The van der Waals surface area contributed by atoms with Gasteiger partial charge in [-0.25, -0.2) is 0 Å². The van der Waals surface area contributed by atoms with Crippen LogP contribution in [0.15, 0.2) is 152 Å². The third-order valence-corrected chi connectivity index (χ3v) is 10.5. The molecular weight excluding hydrogens is 551 g/mol. The SMILES string of the molecule is c1ccc(-c2ccc(-n3c4ccccc4c4cc(-c5ccc6sc7c(c6c5)-c5cccc6cccc-7c56)ccc43)cc2)cc1. The number of thiophene rings is 1. The van der Waals surface area contributed by atoms with Crippen molar-refractivity contribution in [1.82, 2.24) is 4.57 Å². The van der Waals surface area contributed by atoms with Crippen LogP contribution in [0, 0.1) is 0 Å². The minimum Gasteiger partial charge on any atom is -0.309 e. The van der Waals surface area contributed by atoms with Crippen molar-refractivity contribution < 1.29 is 0 Å². The number of para-hydroxylation sites is 1. The van der Waals surface area contributed by atoms with Crippen molar-refractivity contribution in [3.05, 3.63) is 152 Å². The van der Waals surface area contributed by atoms with Crippen LogP contribution in [0.25, 0.3) is 92.2 Å². The summed E-state index contributed by atoms with van der Waals surface area (Å²) in [5.41, 5.74) is 12.7. The van der Waals surface area contributed by atoms with Gasteiger partial charge in [0.2, 0.25) is 0 Å². The van der Waals surface area contributed by atoms with Gasteiger partial charge in [-0.2, -0.15) is 0 Å². The molecule has 0 atom stereocenters. The summed E-state index contributed by atoms with van der Waals surface area (Å²) in [6, 6.07) is 55.7. The van der Waals surface area contributed by atoms with E-state index in [1.54, 1.807) is 0 Å². The fraction of sp³-hybridized carbons (Fsp3) is 0. The molecule has 0 saturated carbocycles. The minimum absolute atomic E-state index is 1.17. The Kier molecular flexibility index (Phi) is 4.94. The Balaban J connectivity index is 1.13. The highest BCUT2D eigenvalue weighted by molar-refractivity contribution is 7.23. The van der Waals surface area contributed by atoms with Gasteiger partial charge in [-0.05, 0) is 81.1 Å². The van der Waals surface area contributed by atoms with Crippen LogP contribution in [0.5, 0.6) is 0 Å². The van der Waals surface area contributed by atoms with Gasteiger partial charge in [-0.15, -0.1) is 11.3 Å². The largest absolute Gasteiger partial charge is 0.309 e. The van der Waals surface area contributed by atoms with Gasteiger partial charge in [0.1, 0.15) is 0 Å². The van der Waals surface area contributed by atoms with Gasteiger partial charge in [-0.3, -0.25) is 0 Å². The molecule has 0 unspecified atom stereocenters. The second-order valence-electron chi connectivity index (χ2n) is 11.7. The maximum absolute atomic E-state index is 2.41. The Morgan fingerprint density at radius 1 is 0.432 bits per heavy atom. The molecule has 1 aliphatic carbocycles. The third-order valence-electron chi connectivity index (χ3n) is 9.35. The fourth-order valence-electron chi connectivity index (χ4n) is 7.34. The summed E-state index contributed by atoms with van der Waals surface area (Å²) in [6.07, 6.45) is 0. The zero-order chi connectivity index (χ0) is 28.8. The number of fused-ring (bicyclic) bond motifs is 8. The standard InChI is InChI=1S/C42H25NS/c1-2-8-26(9-3-1)27-16-20-31(21-17-27)43-37-15-5-4-12-32(37)35-24-29(18-22-38(35)43)30-19-23-39-36(25-30)41-33-13-6-10-28-11-7-14-34(40(28)33)42(41)44-39/h1-25H. The molecule has 0 fully saturated rings. The maximum atomic E-state index is 2.41. The van der Waals surface area contributed by atoms with Crippen LogP contribution in [0.4, 0.5) is 0 Å². The van der Waals surface area contributed by atoms with Crippen LogP contribution in [0.3, 0.4) is 0 Å². The van der Waals surface area contributed by atoms with E-state index in [2.05, 4.69) is 156 Å². The first-order valence-corrected chi connectivity index (χ1v) is 15.9. The Bertz CT molecular complexity index is 2580. The van der Waals surface area contributed by atoms with Crippen molar-refractivity contribution in [1.29, 1.82) is 0 Å². The molecule has 0 spiro atoms. The molecule has 0 radical (unpaired) electrons. The number of rotatable bonds is 3. The zero-order valence-corrected chi connectivity index (χ0v) is 24.6. The lowest BCUT2D eigenvalue weighted by Gasteiger charge is -2.10.